The topological polar surface area (TPSA) is 86.5 Å². The first-order valence-electron chi connectivity index (χ1n) is 5.74. The summed E-state index contributed by atoms with van der Waals surface area (Å²) < 4.78 is 10.7. The van der Waals surface area contributed by atoms with Gasteiger partial charge in [0, 0.05) is 32.7 Å². The van der Waals surface area contributed by atoms with E-state index in [-0.39, 0.29) is 16.7 Å². The van der Waals surface area contributed by atoms with Crippen LogP contribution in [0.5, 0.6) is 0 Å². The molecular formula is C11H14ClN3O4. The fraction of sp³-hybridized carbons (Fsp3) is 0.545. The lowest BCUT2D eigenvalue weighted by Crippen LogP contribution is -2.39. The van der Waals surface area contributed by atoms with Crippen LogP contribution in [0.1, 0.15) is 6.42 Å². The molecular weight excluding hydrogens is 274 g/mol. The van der Waals surface area contributed by atoms with Gasteiger partial charge in [0.15, 0.2) is 0 Å². The van der Waals surface area contributed by atoms with E-state index in [9.17, 15) is 10.1 Å². The maximum absolute atomic E-state index is 10.9. The van der Waals surface area contributed by atoms with Crippen molar-refractivity contribution in [3.63, 3.8) is 0 Å². The summed E-state index contributed by atoms with van der Waals surface area (Å²) in [6.45, 7) is 1.43. The predicted molar refractivity (Wildman–Crippen MR) is 69.6 cm³/mol. The molecule has 1 N–H and O–H groups in total. The van der Waals surface area contributed by atoms with Crippen molar-refractivity contribution in [2.24, 2.45) is 0 Å². The fourth-order valence-electron chi connectivity index (χ4n) is 1.91. The van der Waals surface area contributed by atoms with E-state index in [4.69, 9.17) is 21.1 Å². The van der Waals surface area contributed by atoms with Crippen LogP contribution >= 0.6 is 11.6 Å². The van der Waals surface area contributed by atoms with E-state index in [1.165, 1.54) is 12.1 Å². The Balaban J connectivity index is 2.14. The van der Waals surface area contributed by atoms with Crippen molar-refractivity contribution in [2.45, 2.75) is 12.0 Å². The lowest BCUT2D eigenvalue weighted by Gasteiger charge is -2.26. The molecule has 0 radical (unpaired) electrons. The molecule has 1 aliphatic heterocycles. The third-order valence-electron chi connectivity index (χ3n) is 3.11. The molecule has 19 heavy (non-hydrogen) atoms. The van der Waals surface area contributed by atoms with Crippen LogP contribution in [0.15, 0.2) is 12.1 Å². The number of hydrogen-bond donors (Lipinski definition) is 1. The zero-order chi connectivity index (χ0) is 13.9. The van der Waals surface area contributed by atoms with Crippen molar-refractivity contribution in [1.82, 2.24) is 4.98 Å². The maximum Gasteiger partial charge on any atom is 0.311 e. The molecule has 1 atom stereocenters. The van der Waals surface area contributed by atoms with Crippen molar-refractivity contribution in [3.05, 3.63) is 27.4 Å². The summed E-state index contributed by atoms with van der Waals surface area (Å²) in [5.41, 5.74) is -0.590. The second kappa shape index (κ2) is 5.68. The number of ether oxygens (including phenoxy) is 2. The van der Waals surface area contributed by atoms with Gasteiger partial charge >= 0.3 is 5.69 Å². The van der Waals surface area contributed by atoms with Gasteiger partial charge in [-0.25, -0.2) is 4.98 Å². The number of anilines is 1. The Morgan fingerprint density at radius 1 is 1.68 bits per heavy atom. The van der Waals surface area contributed by atoms with E-state index >= 15 is 0 Å². The standard InChI is InChI=1S/C11H14ClN3O4/c1-18-11(4-5-19-7-11)6-13-10-8(15(16)17)2-3-9(12)14-10/h2-3H,4-7H2,1H3,(H,13,14). The van der Waals surface area contributed by atoms with Gasteiger partial charge in [0.2, 0.25) is 5.82 Å². The Hall–Kier alpha value is -1.44. The number of hydrogen-bond acceptors (Lipinski definition) is 6. The molecule has 7 nitrogen and oxygen atoms in total. The Bertz CT molecular complexity index is 477. The van der Waals surface area contributed by atoms with Crippen molar-refractivity contribution in [1.29, 1.82) is 0 Å². The van der Waals surface area contributed by atoms with Crippen LogP contribution in [-0.2, 0) is 9.47 Å². The number of nitrogens with zero attached hydrogens (tertiary/aromatic N) is 2. The Morgan fingerprint density at radius 3 is 3.05 bits per heavy atom. The van der Waals surface area contributed by atoms with E-state index in [2.05, 4.69) is 10.3 Å². The van der Waals surface area contributed by atoms with Crippen LogP contribution in [-0.4, -0.2) is 42.4 Å². The molecule has 1 aliphatic rings. The van der Waals surface area contributed by atoms with Crippen molar-refractivity contribution < 1.29 is 14.4 Å². The largest absolute Gasteiger partial charge is 0.378 e. The zero-order valence-corrected chi connectivity index (χ0v) is 11.1. The summed E-state index contributed by atoms with van der Waals surface area (Å²) in [6, 6.07) is 2.71. The van der Waals surface area contributed by atoms with E-state index < -0.39 is 10.5 Å². The number of nitrogens with one attached hydrogen (secondary N) is 1. The van der Waals surface area contributed by atoms with Gasteiger partial charge in [-0.15, -0.1) is 0 Å². The van der Waals surface area contributed by atoms with E-state index in [1.807, 2.05) is 0 Å². The van der Waals surface area contributed by atoms with Crippen molar-refractivity contribution in [2.75, 3.05) is 32.2 Å². The highest BCUT2D eigenvalue weighted by Gasteiger charge is 2.35. The minimum absolute atomic E-state index is 0.116. The molecule has 2 heterocycles. The van der Waals surface area contributed by atoms with E-state index in [1.54, 1.807) is 7.11 Å². The maximum atomic E-state index is 10.9. The second-order valence-electron chi connectivity index (χ2n) is 4.30. The monoisotopic (exact) mass is 287 g/mol. The lowest BCUT2D eigenvalue weighted by atomic mass is 10.0. The molecule has 1 fully saturated rings. The summed E-state index contributed by atoms with van der Waals surface area (Å²) >= 11 is 5.76. The third kappa shape index (κ3) is 3.12. The average Bonchev–Trinajstić information content (AvgIpc) is 2.85. The van der Waals surface area contributed by atoms with Gasteiger partial charge in [-0.2, -0.15) is 0 Å². The summed E-state index contributed by atoms with van der Waals surface area (Å²) in [5, 5.41) is 14.0. The SMILES string of the molecule is COC1(CNc2nc(Cl)ccc2[N+](=O)[O-])CCOC1. The molecule has 0 aliphatic carbocycles. The van der Waals surface area contributed by atoms with Crippen molar-refractivity contribution >= 4 is 23.1 Å². The Morgan fingerprint density at radius 2 is 2.47 bits per heavy atom. The van der Waals surface area contributed by atoms with E-state index in [0.29, 0.717) is 19.8 Å². The summed E-state index contributed by atoms with van der Waals surface area (Å²) in [6.07, 6.45) is 0.727. The average molecular weight is 288 g/mol. The molecule has 0 saturated carbocycles. The van der Waals surface area contributed by atoms with Gasteiger partial charge in [-0.1, -0.05) is 11.6 Å². The highest BCUT2D eigenvalue weighted by atomic mass is 35.5. The summed E-state index contributed by atoms with van der Waals surface area (Å²) in [5.74, 6) is 0.140. The molecule has 0 bridgehead atoms. The van der Waals surface area contributed by atoms with Crippen LogP contribution in [0.3, 0.4) is 0 Å². The van der Waals surface area contributed by atoms with E-state index in [0.717, 1.165) is 6.42 Å². The number of aromatic nitrogens is 1. The fourth-order valence-corrected chi connectivity index (χ4v) is 2.06. The predicted octanol–water partition coefficient (Wildman–Crippen LogP) is 1.86. The normalized spacial score (nSPS) is 22.4. The molecule has 2 rings (SSSR count). The molecule has 0 aromatic carbocycles. The number of methoxy groups -OCH3 is 1. The highest BCUT2D eigenvalue weighted by Crippen LogP contribution is 2.27. The first-order chi connectivity index (χ1) is 9.06. The molecule has 1 aromatic rings. The molecule has 104 valence electrons. The molecule has 1 aromatic heterocycles. The van der Waals surface area contributed by atoms with Crippen LogP contribution in [0, 0.1) is 10.1 Å². The van der Waals surface area contributed by atoms with Crippen LogP contribution in [0.25, 0.3) is 0 Å². The third-order valence-corrected chi connectivity index (χ3v) is 3.33. The zero-order valence-electron chi connectivity index (χ0n) is 10.4. The minimum atomic E-state index is -0.504. The molecule has 0 spiro atoms. The lowest BCUT2D eigenvalue weighted by molar-refractivity contribution is -0.384. The smallest absolute Gasteiger partial charge is 0.311 e. The molecule has 0 amide bonds. The van der Waals surface area contributed by atoms with Gasteiger partial charge in [-0.05, 0) is 6.07 Å². The van der Waals surface area contributed by atoms with Gasteiger partial charge < -0.3 is 14.8 Å². The summed E-state index contributed by atoms with van der Waals surface area (Å²) in [4.78, 5) is 14.3. The Labute approximate surface area is 115 Å². The minimum Gasteiger partial charge on any atom is -0.378 e. The number of nitro groups is 1. The van der Waals surface area contributed by atoms with Gasteiger partial charge in [0.05, 0.1) is 11.5 Å². The van der Waals surface area contributed by atoms with Crippen LogP contribution in [0.4, 0.5) is 11.5 Å². The second-order valence-corrected chi connectivity index (χ2v) is 4.69. The van der Waals surface area contributed by atoms with Gasteiger partial charge in [0.25, 0.3) is 0 Å². The van der Waals surface area contributed by atoms with Crippen LogP contribution in [0.2, 0.25) is 5.15 Å². The molecule has 8 heteroatoms. The quantitative estimate of drug-likeness (QED) is 0.505. The molecule has 1 saturated heterocycles. The van der Waals surface area contributed by atoms with Crippen molar-refractivity contribution in [3.8, 4) is 0 Å². The number of rotatable bonds is 5. The first kappa shape index (κ1) is 14.0. The van der Waals surface area contributed by atoms with Gasteiger partial charge in [0.1, 0.15) is 10.8 Å². The molecule has 1 unspecified atom stereocenters. The highest BCUT2D eigenvalue weighted by molar-refractivity contribution is 6.29. The van der Waals surface area contributed by atoms with Gasteiger partial charge in [-0.3, -0.25) is 10.1 Å². The van der Waals surface area contributed by atoms with Crippen LogP contribution < -0.4 is 5.32 Å². The number of halogens is 1. The Kier molecular flexibility index (Phi) is 4.18. The number of pyridine rings is 1. The summed E-state index contributed by atoms with van der Waals surface area (Å²) in [7, 11) is 1.59. The first-order valence-corrected chi connectivity index (χ1v) is 6.12.